The standard InChI is InChI=1S/C57H41F3N4/c1-32-23-34(3)54(35(4)24-32)38-19-21-50-43(27-38)41-13-8-10-17-48(41)63(50)52-29-40(56-46(57(58,59)60)15-12-16-47(56)62-7)30-53(45(52)31-61)64-49-18-11-9-14-42(49)44-28-39(20-22-51(44)64)55-36(5)25-33(2)26-37(55)6/h8-30H,1-6H3. The molecule has 7 heteroatoms. The van der Waals surface area contributed by atoms with E-state index < -0.39 is 11.7 Å². The van der Waals surface area contributed by atoms with Crippen LogP contribution < -0.4 is 0 Å². The molecule has 0 aliphatic rings. The number of nitrogens with zero attached hydrogens (tertiary/aromatic N) is 4. The van der Waals surface area contributed by atoms with E-state index in [9.17, 15) is 5.26 Å². The summed E-state index contributed by atoms with van der Waals surface area (Å²) < 4.78 is 49.4. The van der Waals surface area contributed by atoms with Crippen molar-refractivity contribution >= 4 is 49.3 Å². The maximum absolute atomic E-state index is 15.1. The molecule has 64 heavy (non-hydrogen) atoms. The van der Waals surface area contributed by atoms with Gasteiger partial charge in [-0.1, -0.05) is 102 Å². The molecule has 0 saturated heterocycles. The fourth-order valence-corrected chi connectivity index (χ4v) is 10.4. The summed E-state index contributed by atoms with van der Waals surface area (Å²) in [5, 5.41) is 15.2. The van der Waals surface area contributed by atoms with Crippen molar-refractivity contribution < 1.29 is 13.2 Å². The smallest absolute Gasteiger partial charge is 0.308 e. The third kappa shape index (κ3) is 6.27. The van der Waals surface area contributed by atoms with Gasteiger partial charge in [0.05, 0.1) is 45.6 Å². The van der Waals surface area contributed by atoms with Crippen molar-refractivity contribution in [2.24, 2.45) is 0 Å². The predicted octanol–water partition coefficient (Wildman–Crippen LogP) is 16.2. The molecule has 0 fully saturated rings. The van der Waals surface area contributed by atoms with Gasteiger partial charge in [0.1, 0.15) is 11.6 Å². The van der Waals surface area contributed by atoms with Crippen LogP contribution in [0.4, 0.5) is 18.9 Å². The molecule has 0 saturated carbocycles. The first-order valence-corrected chi connectivity index (χ1v) is 21.2. The van der Waals surface area contributed by atoms with Crippen molar-refractivity contribution in [1.29, 1.82) is 5.26 Å². The van der Waals surface area contributed by atoms with E-state index in [4.69, 9.17) is 6.57 Å². The van der Waals surface area contributed by atoms with E-state index in [2.05, 4.69) is 101 Å². The van der Waals surface area contributed by atoms with Gasteiger partial charge < -0.3 is 9.13 Å². The molecule has 310 valence electrons. The van der Waals surface area contributed by atoms with Crippen molar-refractivity contribution in [1.82, 2.24) is 9.13 Å². The Balaban J connectivity index is 1.34. The fraction of sp³-hybridized carbons (Fsp3) is 0.123. The third-order valence-electron chi connectivity index (χ3n) is 12.7. The molecule has 2 heterocycles. The van der Waals surface area contributed by atoms with Crippen molar-refractivity contribution in [3.63, 3.8) is 0 Å². The summed E-state index contributed by atoms with van der Waals surface area (Å²) in [4.78, 5) is 3.64. The molecule has 8 aromatic carbocycles. The zero-order chi connectivity index (χ0) is 44.8. The average molecular weight is 839 g/mol. The number of hydrogen-bond donors (Lipinski definition) is 0. The lowest BCUT2D eigenvalue weighted by molar-refractivity contribution is -0.137. The quantitative estimate of drug-likeness (QED) is 0.159. The topological polar surface area (TPSA) is 38.0 Å². The van der Waals surface area contributed by atoms with Gasteiger partial charge in [0.15, 0.2) is 5.69 Å². The summed E-state index contributed by atoms with van der Waals surface area (Å²) in [6, 6.07) is 46.7. The monoisotopic (exact) mass is 838 g/mol. The number of rotatable bonds is 5. The van der Waals surface area contributed by atoms with E-state index in [0.29, 0.717) is 11.4 Å². The lowest BCUT2D eigenvalue weighted by Crippen LogP contribution is -2.09. The Morgan fingerprint density at radius 3 is 1.34 bits per heavy atom. The van der Waals surface area contributed by atoms with Gasteiger partial charge in [-0.3, -0.25) is 0 Å². The van der Waals surface area contributed by atoms with E-state index in [-0.39, 0.29) is 22.4 Å². The molecule has 0 amide bonds. The van der Waals surface area contributed by atoms with E-state index in [1.54, 1.807) is 12.1 Å². The molecule has 0 atom stereocenters. The molecular formula is C57H41F3N4. The zero-order valence-corrected chi connectivity index (χ0v) is 36.2. The first kappa shape index (κ1) is 40.2. The maximum Gasteiger partial charge on any atom is 0.415 e. The minimum Gasteiger partial charge on any atom is -0.308 e. The molecule has 4 nitrogen and oxygen atoms in total. The summed E-state index contributed by atoms with van der Waals surface area (Å²) in [7, 11) is 0. The number of aryl methyl sites for hydroxylation is 6. The van der Waals surface area contributed by atoms with Crippen molar-refractivity contribution in [2.45, 2.75) is 47.7 Å². The molecule has 0 radical (unpaired) electrons. The molecule has 0 aliphatic carbocycles. The molecule has 0 spiro atoms. The van der Waals surface area contributed by atoms with Crippen LogP contribution in [0.15, 0.2) is 140 Å². The number of alkyl halides is 3. The number of nitriles is 1. The SMILES string of the molecule is [C-]#[N+]c1cccc(C(F)(F)F)c1-c1cc(-n2c3ccccc3c3cc(-c4c(C)cc(C)cc4C)ccc32)c(C#N)c(-n2c3ccccc3c3cc(-c4c(C)cc(C)cc4C)ccc32)c1. The highest BCUT2D eigenvalue weighted by Gasteiger charge is 2.35. The number of aromatic nitrogens is 2. The van der Waals surface area contributed by atoms with Crippen LogP contribution in [0.5, 0.6) is 0 Å². The molecule has 0 bridgehead atoms. The van der Waals surface area contributed by atoms with Crippen molar-refractivity contribution in [3.8, 4) is 50.8 Å². The van der Waals surface area contributed by atoms with E-state index >= 15 is 13.2 Å². The Morgan fingerprint density at radius 1 is 0.484 bits per heavy atom. The summed E-state index contributed by atoms with van der Waals surface area (Å²) in [6.45, 7) is 20.7. The second kappa shape index (κ2) is 14.9. The van der Waals surface area contributed by atoms with Gasteiger partial charge in [0, 0.05) is 21.5 Å². The molecule has 2 aromatic heterocycles. The highest BCUT2D eigenvalue weighted by Crippen LogP contribution is 2.47. The van der Waals surface area contributed by atoms with Gasteiger partial charge in [0.2, 0.25) is 0 Å². The predicted molar refractivity (Wildman–Crippen MR) is 256 cm³/mol. The average Bonchev–Trinajstić information content (AvgIpc) is 3.77. The van der Waals surface area contributed by atoms with E-state index in [1.807, 2.05) is 69.8 Å². The number of benzene rings is 8. The molecule has 0 unspecified atom stereocenters. The van der Waals surface area contributed by atoms with Gasteiger partial charge in [-0.2, -0.15) is 18.4 Å². The minimum atomic E-state index is -4.77. The summed E-state index contributed by atoms with van der Waals surface area (Å²) in [6.07, 6.45) is -4.77. The van der Waals surface area contributed by atoms with Crippen LogP contribution in [0.25, 0.3) is 93.2 Å². The van der Waals surface area contributed by atoms with E-state index in [1.165, 1.54) is 23.3 Å². The number of halogens is 3. The lowest BCUT2D eigenvalue weighted by atomic mass is 9.93. The summed E-state index contributed by atoms with van der Waals surface area (Å²) in [5.74, 6) is 0. The van der Waals surface area contributed by atoms with Crippen LogP contribution in [0.3, 0.4) is 0 Å². The zero-order valence-electron chi connectivity index (χ0n) is 36.2. The highest BCUT2D eigenvalue weighted by atomic mass is 19.4. The van der Waals surface area contributed by atoms with Crippen molar-refractivity contribution in [3.05, 3.63) is 195 Å². The Kier molecular flexibility index (Phi) is 9.36. The Morgan fingerprint density at radius 2 is 0.922 bits per heavy atom. The van der Waals surface area contributed by atoms with Gasteiger partial charge in [-0.05, 0) is 146 Å². The Hall–Kier alpha value is -7.87. The Labute approximate surface area is 369 Å². The fourth-order valence-electron chi connectivity index (χ4n) is 10.4. The minimum absolute atomic E-state index is 0.136. The molecule has 10 rings (SSSR count). The van der Waals surface area contributed by atoms with Crippen LogP contribution in [-0.2, 0) is 6.18 Å². The van der Waals surface area contributed by atoms with Crippen LogP contribution in [-0.4, -0.2) is 9.13 Å². The maximum atomic E-state index is 15.1. The molecule has 0 aliphatic heterocycles. The van der Waals surface area contributed by atoms with E-state index in [0.717, 1.165) is 94.2 Å². The van der Waals surface area contributed by atoms with Gasteiger partial charge >= 0.3 is 6.18 Å². The molecular weight excluding hydrogens is 798 g/mol. The van der Waals surface area contributed by atoms with Crippen LogP contribution >= 0.6 is 0 Å². The van der Waals surface area contributed by atoms with Crippen LogP contribution in [0.1, 0.15) is 44.5 Å². The molecule has 10 aromatic rings. The number of para-hydroxylation sites is 2. The van der Waals surface area contributed by atoms with Crippen molar-refractivity contribution in [2.75, 3.05) is 0 Å². The number of hydrogen-bond acceptors (Lipinski definition) is 1. The second-order valence-electron chi connectivity index (χ2n) is 17.0. The Bertz CT molecular complexity index is 3450. The van der Waals surface area contributed by atoms with Crippen LogP contribution in [0, 0.1) is 59.4 Å². The lowest BCUT2D eigenvalue weighted by Gasteiger charge is -2.21. The highest BCUT2D eigenvalue weighted by molar-refractivity contribution is 6.13. The first-order valence-electron chi connectivity index (χ1n) is 21.2. The second-order valence-corrected chi connectivity index (χ2v) is 17.0. The number of fused-ring (bicyclic) bond motifs is 6. The van der Waals surface area contributed by atoms with Crippen LogP contribution in [0.2, 0.25) is 0 Å². The van der Waals surface area contributed by atoms with Gasteiger partial charge in [-0.15, -0.1) is 0 Å². The summed E-state index contributed by atoms with van der Waals surface area (Å²) in [5.41, 5.74) is 14.5. The first-order chi connectivity index (χ1) is 30.8. The summed E-state index contributed by atoms with van der Waals surface area (Å²) >= 11 is 0. The third-order valence-corrected chi connectivity index (χ3v) is 12.7. The molecule has 0 N–H and O–H groups in total. The largest absolute Gasteiger partial charge is 0.415 e. The van der Waals surface area contributed by atoms with Gasteiger partial charge in [-0.25, -0.2) is 4.85 Å². The van der Waals surface area contributed by atoms with Gasteiger partial charge in [0.25, 0.3) is 0 Å². The normalized spacial score (nSPS) is 11.8.